The second kappa shape index (κ2) is 4.95. The number of ether oxygens (including phenoxy) is 1. The first-order valence-electron chi connectivity index (χ1n) is 4.37. The maximum Gasteiger partial charge on any atom is 0.307 e. The van der Waals surface area contributed by atoms with Gasteiger partial charge in [0.2, 0.25) is 0 Å². The van der Waals surface area contributed by atoms with Gasteiger partial charge >= 0.3 is 10.8 Å². The number of aromatic nitrogens is 1. The summed E-state index contributed by atoms with van der Waals surface area (Å²) in [5.41, 5.74) is 0.949. The lowest BCUT2D eigenvalue weighted by Gasteiger charge is -2.02. The molecule has 0 saturated carbocycles. The molecule has 4 nitrogen and oxygen atoms in total. The van der Waals surface area contributed by atoms with Crippen LogP contribution in [0.25, 0.3) is 0 Å². The van der Waals surface area contributed by atoms with Crippen molar-refractivity contribution in [2.45, 2.75) is 26.3 Å². The highest BCUT2D eigenvalue weighted by molar-refractivity contribution is 7.07. The highest BCUT2D eigenvalue weighted by Crippen LogP contribution is 2.02. The van der Waals surface area contributed by atoms with Gasteiger partial charge in [0.05, 0.1) is 7.11 Å². The van der Waals surface area contributed by atoms with E-state index < -0.39 is 0 Å². The van der Waals surface area contributed by atoms with Crippen molar-refractivity contribution in [1.82, 2.24) is 4.57 Å². The third kappa shape index (κ3) is 2.70. The Morgan fingerprint density at radius 3 is 2.86 bits per heavy atom. The van der Waals surface area contributed by atoms with Crippen LogP contribution in [0.15, 0.2) is 10.2 Å². The van der Waals surface area contributed by atoms with E-state index in [1.807, 2.05) is 12.3 Å². The van der Waals surface area contributed by atoms with E-state index in [-0.39, 0.29) is 10.8 Å². The van der Waals surface area contributed by atoms with Crippen molar-refractivity contribution < 1.29 is 9.53 Å². The maximum absolute atomic E-state index is 11.3. The fourth-order valence-corrected chi connectivity index (χ4v) is 1.92. The lowest BCUT2D eigenvalue weighted by molar-refractivity contribution is -0.140. The normalized spacial score (nSPS) is 10.1. The molecule has 0 aliphatic rings. The standard InChI is InChI=1S/C9H13NO3S/c1-7-6-14-9(12)10(7)5-3-4-8(11)13-2/h6H,3-5H2,1-2H3. The van der Waals surface area contributed by atoms with E-state index in [1.54, 1.807) is 4.57 Å². The molecule has 0 fully saturated rings. The highest BCUT2D eigenvalue weighted by atomic mass is 32.1. The second-order valence-electron chi connectivity index (χ2n) is 2.97. The first kappa shape index (κ1) is 11.0. The van der Waals surface area contributed by atoms with Crippen molar-refractivity contribution in [3.8, 4) is 0 Å². The molecule has 0 spiro atoms. The van der Waals surface area contributed by atoms with Crippen LogP contribution in [-0.2, 0) is 16.1 Å². The van der Waals surface area contributed by atoms with Gasteiger partial charge in [0.25, 0.3) is 0 Å². The summed E-state index contributed by atoms with van der Waals surface area (Å²) >= 11 is 1.19. The number of esters is 1. The number of thiazole rings is 1. The van der Waals surface area contributed by atoms with E-state index in [1.165, 1.54) is 18.4 Å². The average Bonchev–Trinajstić information content (AvgIpc) is 2.48. The molecule has 0 radical (unpaired) electrons. The molecule has 1 aromatic rings. The van der Waals surface area contributed by atoms with Crippen LogP contribution in [0.1, 0.15) is 18.5 Å². The molecule has 14 heavy (non-hydrogen) atoms. The number of carbonyl (C=O) groups excluding carboxylic acids is 1. The van der Waals surface area contributed by atoms with Gasteiger partial charge in [-0.3, -0.25) is 9.59 Å². The number of hydrogen-bond acceptors (Lipinski definition) is 4. The van der Waals surface area contributed by atoms with Gasteiger partial charge in [0, 0.05) is 24.0 Å². The van der Waals surface area contributed by atoms with Crippen LogP contribution in [0.5, 0.6) is 0 Å². The topological polar surface area (TPSA) is 48.3 Å². The molecule has 0 aliphatic carbocycles. The number of rotatable bonds is 4. The third-order valence-corrected chi connectivity index (χ3v) is 2.85. The van der Waals surface area contributed by atoms with Gasteiger partial charge in [-0.2, -0.15) is 0 Å². The van der Waals surface area contributed by atoms with Crippen molar-refractivity contribution >= 4 is 17.3 Å². The third-order valence-electron chi connectivity index (χ3n) is 1.97. The largest absolute Gasteiger partial charge is 0.469 e. The molecule has 0 amide bonds. The first-order chi connectivity index (χ1) is 6.65. The van der Waals surface area contributed by atoms with Gasteiger partial charge in [-0.05, 0) is 13.3 Å². The van der Waals surface area contributed by atoms with Crippen molar-refractivity contribution in [3.63, 3.8) is 0 Å². The van der Waals surface area contributed by atoms with Crippen LogP contribution in [0.3, 0.4) is 0 Å². The Hall–Kier alpha value is -1.10. The van der Waals surface area contributed by atoms with E-state index in [0.717, 1.165) is 5.69 Å². The quantitative estimate of drug-likeness (QED) is 0.708. The summed E-state index contributed by atoms with van der Waals surface area (Å²) in [6, 6.07) is 0. The minimum Gasteiger partial charge on any atom is -0.469 e. The molecule has 1 rings (SSSR count). The van der Waals surface area contributed by atoms with E-state index >= 15 is 0 Å². The van der Waals surface area contributed by atoms with E-state index in [2.05, 4.69) is 4.74 Å². The molecule has 0 unspecified atom stereocenters. The Balaban J connectivity index is 2.46. The lowest BCUT2D eigenvalue weighted by Crippen LogP contribution is -2.15. The summed E-state index contributed by atoms with van der Waals surface area (Å²) in [6.07, 6.45) is 1.00. The van der Waals surface area contributed by atoms with Gasteiger partial charge in [0.1, 0.15) is 0 Å². The summed E-state index contributed by atoms with van der Waals surface area (Å²) in [5, 5.41) is 1.82. The zero-order valence-corrected chi connectivity index (χ0v) is 9.10. The number of nitrogens with zero attached hydrogens (tertiary/aromatic N) is 1. The van der Waals surface area contributed by atoms with Crippen LogP contribution in [-0.4, -0.2) is 17.6 Å². The number of methoxy groups -OCH3 is 1. The van der Waals surface area contributed by atoms with Crippen LogP contribution < -0.4 is 4.87 Å². The summed E-state index contributed by atoms with van der Waals surface area (Å²) < 4.78 is 6.18. The molecule has 78 valence electrons. The molecule has 0 aromatic carbocycles. The Morgan fingerprint density at radius 1 is 1.64 bits per heavy atom. The maximum atomic E-state index is 11.3. The van der Waals surface area contributed by atoms with Crippen LogP contribution in [0, 0.1) is 6.92 Å². The number of aryl methyl sites for hydroxylation is 1. The van der Waals surface area contributed by atoms with E-state index in [9.17, 15) is 9.59 Å². The van der Waals surface area contributed by atoms with Crippen LogP contribution in [0.4, 0.5) is 0 Å². The van der Waals surface area contributed by atoms with Gasteiger partial charge in [-0.25, -0.2) is 0 Å². The Labute approximate surface area is 86.1 Å². The summed E-state index contributed by atoms with van der Waals surface area (Å²) in [4.78, 5) is 22.1. The summed E-state index contributed by atoms with van der Waals surface area (Å²) in [7, 11) is 1.37. The second-order valence-corrected chi connectivity index (χ2v) is 3.79. The fourth-order valence-electron chi connectivity index (χ4n) is 1.16. The predicted molar refractivity (Wildman–Crippen MR) is 54.6 cm³/mol. The van der Waals surface area contributed by atoms with Crippen molar-refractivity contribution in [3.05, 3.63) is 20.7 Å². The van der Waals surface area contributed by atoms with Crippen LogP contribution >= 0.6 is 11.3 Å². The fraction of sp³-hybridized carbons (Fsp3) is 0.556. The Kier molecular flexibility index (Phi) is 3.88. The van der Waals surface area contributed by atoms with Gasteiger partial charge in [-0.15, -0.1) is 0 Å². The van der Waals surface area contributed by atoms with E-state index in [0.29, 0.717) is 19.4 Å². The predicted octanol–water partition coefficient (Wildman–Crippen LogP) is 1.17. The Bertz CT molecular complexity index is 366. The number of hydrogen-bond donors (Lipinski definition) is 0. The van der Waals surface area contributed by atoms with Gasteiger partial charge in [-0.1, -0.05) is 11.3 Å². The Morgan fingerprint density at radius 2 is 2.36 bits per heavy atom. The summed E-state index contributed by atoms with van der Waals surface area (Å²) in [5.74, 6) is -0.231. The zero-order chi connectivity index (χ0) is 10.6. The summed E-state index contributed by atoms with van der Waals surface area (Å²) in [6.45, 7) is 2.47. The van der Waals surface area contributed by atoms with Crippen molar-refractivity contribution in [1.29, 1.82) is 0 Å². The SMILES string of the molecule is COC(=O)CCCn1c(C)csc1=O. The average molecular weight is 215 g/mol. The molecule has 5 heteroatoms. The molecule has 0 aliphatic heterocycles. The molecule has 1 heterocycles. The van der Waals surface area contributed by atoms with Crippen molar-refractivity contribution in [2.24, 2.45) is 0 Å². The van der Waals surface area contributed by atoms with Crippen LogP contribution in [0.2, 0.25) is 0 Å². The highest BCUT2D eigenvalue weighted by Gasteiger charge is 2.04. The molecule has 0 saturated heterocycles. The molecular formula is C9H13NO3S. The van der Waals surface area contributed by atoms with Crippen molar-refractivity contribution in [2.75, 3.05) is 7.11 Å². The monoisotopic (exact) mass is 215 g/mol. The minimum absolute atomic E-state index is 0.0346. The molecule has 1 aromatic heterocycles. The molecule has 0 atom stereocenters. The first-order valence-corrected chi connectivity index (χ1v) is 5.25. The molecule has 0 bridgehead atoms. The van der Waals surface area contributed by atoms with E-state index in [4.69, 9.17) is 0 Å². The smallest absolute Gasteiger partial charge is 0.307 e. The van der Waals surface area contributed by atoms with Gasteiger partial charge in [0.15, 0.2) is 0 Å². The molecular weight excluding hydrogens is 202 g/mol. The minimum atomic E-state index is -0.231. The lowest BCUT2D eigenvalue weighted by atomic mass is 10.3. The molecule has 0 N–H and O–H groups in total. The number of carbonyl (C=O) groups is 1. The van der Waals surface area contributed by atoms with Gasteiger partial charge < -0.3 is 9.30 Å². The zero-order valence-electron chi connectivity index (χ0n) is 8.28.